The van der Waals surface area contributed by atoms with E-state index in [4.69, 9.17) is 5.26 Å². The highest BCUT2D eigenvalue weighted by Crippen LogP contribution is 2.19. The van der Waals surface area contributed by atoms with E-state index in [9.17, 15) is 4.79 Å². The first-order valence-corrected chi connectivity index (χ1v) is 7.38. The molecule has 3 aromatic rings. The van der Waals surface area contributed by atoms with Gasteiger partial charge in [0.05, 0.1) is 29.2 Å². The minimum Gasteiger partial charge on any atom is -0.321 e. The highest BCUT2D eigenvalue weighted by molar-refractivity contribution is 6.03. The molecule has 24 heavy (non-hydrogen) atoms. The number of aromatic nitrogens is 2. The molecule has 2 aromatic carbocycles. The monoisotopic (exact) mass is 314 g/mol. The third-order valence-electron chi connectivity index (χ3n) is 3.49. The van der Waals surface area contributed by atoms with E-state index in [1.165, 1.54) is 0 Å². The van der Waals surface area contributed by atoms with Crippen LogP contribution in [0.3, 0.4) is 0 Å². The second-order valence-corrected chi connectivity index (χ2v) is 5.20. The number of anilines is 1. The summed E-state index contributed by atoms with van der Waals surface area (Å²) in [7, 11) is 0. The summed E-state index contributed by atoms with van der Waals surface area (Å²) >= 11 is 0. The molecule has 0 aliphatic heterocycles. The third-order valence-corrected chi connectivity index (χ3v) is 3.49. The summed E-state index contributed by atoms with van der Waals surface area (Å²) in [5.74, 6) is -0.315. The standard InChI is InChI=1S/C19H14N4O/c1-13-18(19(24)22-16-8-3-2-4-9-16)23-17(12-21-13)15-7-5-6-14(10-15)11-20/h2-10,12H,1H3,(H,22,24). The zero-order valence-electron chi connectivity index (χ0n) is 13.0. The van der Waals surface area contributed by atoms with Crippen molar-refractivity contribution in [3.8, 4) is 17.3 Å². The number of rotatable bonds is 3. The maximum atomic E-state index is 12.5. The fourth-order valence-corrected chi connectivity index (χ4v) is 2.26. The van der Waals surface area contributed by atoms with Gasteiger partial charge in [-0.15, -0.1) is 0 Å². The van der Waals surface area contributed by atoms with Crippen molar-refractivity contribution in [3.63, 3.8) is 0 Å². The van der Waals surface area contributed by atoms with Gasteiger partial charge in [-0.2, -0.15) is 5.26 Å². The second-order valence-electron chi connectivity index (χ2n) is 5.20. The lowest BCUT2D eigenvalue weighted by molar-refractivity contribution is 0.102. The summed E-state index contributed by atoms with van der Waals surface area (Å²) in [6.45, 7) is 1.74. The number of benzene rings is 2. The number of nitriles is 1. The zero-order chi connectivity index (χ0) is 16.9. The molecular formula is C19H14N4O. The Morgan fingerprint density at radius 1 is 1.12 bits per heavy atom. The molecule has 3 rings (SSSR count). The van der Waals surface area contributed by atoms with Crippen LogP contribution in [0, 0.1) is 18.3 Å². The van der Waals surface area contributed by atoms with Gasteiger partial charge in [0.15, 0.2) is 0 Å². The lowest BCUT2D eigenvalue weighted by Crippen LogP contribution is -2.16. The van der Waals surface area contributed by atoms with Crippen molar-refractivity contribution in [2.75, 3.05) is 5.32 Å². The predicted molar refractivity (Wildman–Crippen MR) is 91.3 cm³/mol. The molecule has 0 bridgehead atoms. The molecule has 0 atom stereocenters. The van der Waals surface area contributed by atoms with Gasteiger partial charge in [0.1, 0.15) is 5.69 Å². The van der Waals surface area contributed by atoms with Crippen LogP contribution in [0.1, 0.15) is 21.7 Å². The van der Waals surface area contributed by atoms with Crippen LogP contribution in [0.2, 0.25) is 0 Å². The van der Waals surface area contributed by atoms with Crippen LogP contribution < -0.4 is 5.32 Å². The Bertz CT molecular complexity index is 930. The average Bonchev–Trinajstić information content (AvgIpc) is 2.63. The molecule has 0 aliphatic carbocycles. The van der Waals surface area contributed by atoms with Crippen molar-refractivity contribution in [3.05, 3.63) is 77.7 Å². The van der Waals surface area contributed by atoms with E-state index in [-0.39, 0.29) is 11.6 Å². The van der Waals surface area contributed by atoms with Crippen molar-refractivity contribution in [1.29, 1.82) is 5.26 Å². The molecule has 5 nitrogen and oxygen atoms in total. The van der Waals surface area contributed by atoms with Crippen LogP contribution in [0.25, 0.3) is 11.3 Å². The Kier molecular flexibility index (Phi) is 4.30. The summed E-state index contributed by atoms with van der Waals surface area (Å²) in [6.07, 6.45) is 1.60. The van der Waals surface area contributed by atoms with Gasteiger partial charge in [0.25, 0.3) is 5.91 Å². The lowest BCUT2D eigenvalue weighted by atomic mass is 10.1. The van der Waals surface area contributed by atoms with Crippen molar-refractivity contribution < 1.29 is 4.79 Å². The fourth-order valence-electron chi connectivity index (χ4n) is 2.26. The van der Waals surface area contributed by atoms with Crippen LogP contribution in [-0.4, -0.2) is 15.9 Å². The maximum absolute atomic E-state index is 12.5. The molecule has 1 aromatic heterocycles. The normalized spacial score (nSPS) is 10.0. The van der Waals surface area contributed by atoms with Crippen LogP contribution in [0.5, 0.6) is 0 Å². The first-order chi connectivity index (χ1) is 11.7. The fraction of sp³-hybridized carbons (Fsp3) is 0.0526. The molecule has 1 N–H and O–H groups in total. The molecule has 0 unspecified atom stereocenters. The highest BCUT2D eigenvalue weighted by Gasteiger charge is 2.14. The van der Waals surface area contributed by atoms with Crippen LogP contribution >= 0.6 is 0 Å². The van der Waals surface area contributed by atoms with Gasteiger partial charge in [-0.1, -0.05) is 30.3 Å². The molecule has 0 aliphatic rings. The maximum Gasteiger partial charge on any atom is 0.276 e. The van der Waals surface area contributed by atoms with E-state index in [1.54, 1.807) is 43.5 Å². The van der Waals surface area contributed by atoms with E-state index < -0.39 is 0 Å². The first kappa shape index (κ1) is 15.4. The third kappa shape index (κ3) is 3.28. The summed E-state index contributed by atoms with van der Waals surface area (Å²) in [4.78, 5) is 21.2. The summed E-state index contributed by atoms with van der Waals surface area (Å²) in [6, 6.07) is 18.3. The number of amides is 1. The SMILES string of the molecule is Cc1ncc(-c2cccc(C#N)c2)nc1C(=O)Nc1ccccc1. The number of hydrogen-bond donors (Lipinski definition) is 1. The van der Waals surface area contributed by atoms with Crippen molar-refractivity contribution in [1.82, 2.24) is 9.97 Å². The lowest BCUT2D eigenvalue weighted by Gasteiger charge is -2.08. The summed E-state index contributed by atoms with van der Waals surface area (Å²) < 4.78 is 0. The topological polar surface area (TPSA) is 78.7 Å². The molecule has 1 heterocycles. The van der Waals surface area contributed by atoms with E-state index in [2.05, 4.69) is 21.4 Å². The summed E-state index contributed by atoms with van der Waals surface area (Å²) in [5, 5.41) is 11.8. The Morgan fingerprint density at radius 3 is 2.67 bits per heavy atom. The van der Waals surface area contributed by atoms with Crippen molar-refractivity contribution in [2.24, 2.45) is 0 Å². The van der Waals surface area contributed by atoms with E-state index >= 15 is 0 Å². The highest BCUT2D eigenvalue weighted by atomic mass is 16.1. The molecule has 0 fully saturated rings. The molecular weight excluding hydrogens is 300 g/mol. The summed E-state index contributed by atoms with van der Waals surface area (Å²) in [5.41, 5.74) is 3.33. The van der Waals surface area contributed by atoms with Gasteiger partial charge in [-0.3, -0.25) is 9.78 Å². The second kappa shape index (κ2) is 6.71. The van der Waals surface area contributed by atoms with Gasteiger partial charge in [0, 0.05) is 11.3 Å². The predicted octanol–water partition coefficient (Wildman–Crippen LogP) is 3.58. The minimum absolute atomic E-state index is 0.263. The Balaban J connectivity index is 1.94. The smallest absolute Gasteiger partial charge is 0.276 e. The van der Waals surface area contributed by atoms with Gasteiger partial charge >= 0.3 is 0 Å². The van der Waals surface area contributed by atoms with Gasteiger partial charge < -0.3 is 5.32 Å². The zero-order valence-corrected chi connectivity index (χ0v) is 13.0. The Morgan fingerprint density at radius 2 is 1.92 bits per heavy atom. The van der Waals surface area contributed by atoms with Gasteiger partial charge in [-0.05, 0) is 31.2 Å². The molecule has 0 spiro atoms. The number of para-hydroxylation sites is 1. The van der Waals surface area contributed by atoms with Gasteiger partial charge in [-0.25, -0.2) is 4.98 Å². The van der Waals surface area contributed by atoms with Crippen molar-refractivity contribution >= 4 is 11.6 Å². The quantitative estimate of drug-likeness (QED) is 0.801. The molecule has 0 saturated heterocycles. The molecule has 0 radical (unpaired) electrons. The van der Waals surface area contributed by atoms with E-state index in [0.29, 0.717) is 22.6 Å². The number of nitrogens with zero attached hydrogens (tertiary/aromatic N) is 3. The molecule has 116 valence electrons. The number of hydrogen-bond acceptors (Lipinski definition) is 4. The minimum atomic E-state index is -0.315. The van der Waals surface area contributed by atoms with Crippen LogP contribution in [0.15, 0.2) is 60.8 Å². The average molecular weight is 314 g/mol. The Hall–Kier alpha value is -3.52. The Labute approximate surface area is 139 Å². The van der Waals surface area contributed by atoms with Crippen molar-refractivity contribution in [2.45, 2.75) is 6.92 Å². The van der Waals surface area contributed by atoms with E-state index in [1.807, 2.05) is 24.3 Å². The van der Waals surface area contributed by atoms with Crippen LogP contribution in [0.4, 0.5) is 5.69 Å². The molecule has 1 amide bonds. The first-order valence-electron chi connectivity index (χ1n) is 7.38. The molecule has 5 heteroatoms. The van der Waals surface area contributed by atoms with Crippen LogP contribution in [-0.2, 0) is 0 Å². The number of carbonyl (C=O) groups is 1. The van der Waals surface area contributed by atoms with E-state index in [0.717, 1.165) is 5.56 Å². The number of aryl methyl sites for hydroxylation is 1. The largest absolute Gasteiger partial charge is 0.321 e. The molecule has 0 saturated carbocycles. The van der Waals surface area contributed by atoms with Gasteiger partial charge in [0.2, 0.25) is 0 Å². The number of nitrogens with one attached hydrogen (secondary N) is 1. The number of carbonyl (C=O) groups excluding carboxylic acids is 1.